The van der Waals surface area contributed by atoms with Gasteiger partial charge >= 0.3 is 0 Å². The molecule has 16 heavy (non-hydrogen) atoms. The van der Waals surface area contributed by atoms with Crippen LogP contribution in [-0.4, -0.2) is 11.6 Å². The molecule has 2 heteroatoms. The van der Waals surface area contributed by atoms with Crippen molar-refractivity contribution in [1.82, 2.24) is 0 Å². The van der Waals surface area contributed by atoms with E-state index in [1.54, 1.807) is 0 Å². The smallest absolute Gasteiger partial charge is 0.0485 e. The van der Waals surface area contributed by atoms with E-state index in [4.69, 9.17) is 11.5 Å². The predicted molar refractivity (Wildman–Crippen MR) is 71.9 cm³/mol. The summed E-state index contributed by atoms with van der Waals surface area (Å²) in [5.74, 6) is 6.30. The molecule has 0 saturated carbocycles. The molecule has 0 aromatic rings. The summed E-state index contributed by atoms with van der Waals surface area (Å²) < 4.78 is 0. The molecule has 0 amide bonds. The quantitative estimate of drug-likeness (QED) is 0.721. The van der Waals surface area contributed by atoms with Crippen molar-refractivity contribution < 1.29 is 0 Å². The molecule has 0 aliphatic carbocycles. The molecule has 0 aromatic heterocycles. The van der Waals surface area contributed by atoms with Gasteiger partial charge in [0.25, 0.3) is 0 Å². The van der Waals surface area contributed by atoms with Crippen LogP contribution in [0.15, 0.2) is 0 Å². The molecular formula is C14H28N2. The lowest BCUT2D eigenvalue weighted by atomic mass is 9.59. The summed E-state index contributed by atoms with van der Waals surface area (Å²) in [5.41, 5.74) is 11.8. The van der Waals surface area contributed by atoms with Gasteiger partial charge in [-0.3, -0.25) is 0 Å². The lowest BCUT2D eigenvalue weighted by Gasteiger charge is -2.46. The highest BCUT2D eigenvalue weighted by Gasteiger charge is 2.44. The van der Waals surface area contributed by atoms with Crippen LogP contribution in [0.3, 0.4) is 0 Å². The van der Waals surface area contributed by atoms with Crippen molar-refractivity contribution in [2.24, 2.45) is 22.3 Å². The van der Waals surface area contributed by atoms with Crippen LogP contribution in [0, 0.1) is 22.7 Å². The molecular weight excluding hydrogens is 196 g/mol. The Hall–Kier alpha value is -0.520. The van der Waals surface area contributed by atoms with E-state index in [-0.39, 0.29) is 22.4 Å². The molecule has 0 spiro atoms. The van der Waals surface area contributed by atoms with E-state index in [0.717, 1.165) is 6.42 Å². The Kier molecular flexibility index (Phi) is 4.62. The maximum Gasteiger partial charge on any atom is 0.0485 e. The third kappa shape index (κ3) is 3.50. The predicted octanol–water partition coefficient (Wildman–Crippen LogP) is 2.52. The van der Waals surface area contributed by atoms with Gasteiger partial charge in [-0.25, -0.2) is 0 Å². The first-order chi connectivity index (χ1) is 6.96. The number of nitrogens with two attached hydrogens (primary N) is 2. The van der Waals surface area contributed by atoms with Crippen LogP contribution in [0.5, 0.6) is 0 Å². The van der Waals surface area contributed by atoms with Crippen LogP contribution in [0.1, 0.15) is 54.9 Å². The number of hydrogen-bond donors (Lipinski definition) is 2. The molecule has 2 nitrogen and oxygen atoms in total. The SMILES string of the molecule is CC#CC(C)(C(C)N)C(C)(C)CC(C)(C)N. The summed E-state index contributed by atoms with van der Waals surface area (Å²) in [6, 6.07) is 0.0253. The van der Waals surface area contributed by atoms with Crippen molar-refractivity contribution >= 4 is 0 Å². The Balaban J connectivity index is 5.26. The number of rotatable bonds is 4. The minimum Gasteiger partial charge on any atom is -0.327 e. The Morgan fingerprint density at radius 1 is 1.12 bits per heavy atom. The maximum atomic E-state index is 6.13. The van der Waals surface area contributed by atoms with E-state index in [2.05, 4.69) is 46.5 Å². The van der Waals surface area contributed by atoms with Gasteiger partial charge in [0, 0.05) is 17.0 Å². The van der Waals surface area contributed by atoms with Crippen molar-refractivity contribution in [3.8, 4) is 11.8 Å². The Labute approximate surface area is 101 Å². The molecule has 94 valence electrons. The minimum atomic E-state index is -0.210. The first-order valence-corrected chi connectivity index (χ1v) is 5.95. The van der Waals surface area contributed by atoms with Crippen LogP contribution in [0.2, 0.25) is 0 Å². The molecule has 0 rings (SSSR count). The molecule has 4 N–H and O–H groups in total. The van der Waals surface area contributed by atoms with Crippen molar-refractivity contribution in [3.05, 3.63) is 0 Å². The van der Waals surface area contributed by atoms with Gasteiger partial charge in [-0.2, -0.15) is 0 Å². The van der Waals surface area contributed by atoms with Crippen molar-refractivity contribution in [1.29, 1.82) is 0 Å². The second-order valence-corrected chi connectivity index (χ2v) is 6.42. The second-order valence-electron chi connectivity index (χ2n) is 6.42. The Morgan fingerprint density at radius 2 is 1.56 bits per heavy atom. The fourth-order valence-electron chi connectivity index (χ4n) is 2.48. The molecule has 0 aromatic carbocycles. The topological polar surface area (TPSA) is 52.0 Å². The normalized spacial score (nSPS) is 18.3. The molecule has 0 aliphatic rings. The average Bonchev–Trinajstić information content (AvgIpc) is 1.99. The largest absolute Gasteiger partial charge is 0.327 e. The van der Waals surface area contributed by atoms with E-state index in [1.165, 1.54) is 0 Å². The Morgan fingerprint density at radius 3 is 1.81 bits per heavy atom. The zero-order valence-corrected chi connectivity index (χ0v) is 11.9. The molecule has 2 unspecified atom stereocenters. The minimum absolute atomic E-state index is 0.0115. The van der Waals surface area contributed by atoms with E-state index in [9.17, 15) is 0 Å². The Bertz CT molecular complexity index is 286. The van der Waals surface area contributed by atoms with Gasteiger partial charge in [0.15, 0.2) is 0 Å². The zero-order valence-electron chi connectivity index (χ0n) is 11.9. The zero-order chi connectivity index (χ0) is 13.2. The van der Waals surface area contributed by atoms with Gasteiger partial charge in [-0.1, -0.05) is 19.8 Å². The van der Waals surface area contributed by atoms with Crippen LogP contribution < -0.4 is 11.5 Å². The summed E-state index contributed by atoms with van der Waals surface area (Å²) in [4.78, 5) is 0. The van der Waals surface area contributed by atoms with Crippen molar-refractivity contribution in [2.75, 3.05) is 0 Å². The van der Waals surface area contributed by atoms with Crippen molar-refractivity contribution in [3.63, 3.8) is 0 Å². The number of hydrogen-bond acceptors (Lipinski definition) is 2. The van der Waals surface area contributed by atoms with Crippen LogP contribution >= 0.6 is 0 Å². The highest BCUT2D eigenvalue weighted by atomic mass is 14.7. The molecule has 0 heterocycles. The van der Waals surface area contributed by atoms with Crippen molar-refractivity contribution in [2.45, 2.75) is 66.5 Å². The van der Waals surface area contributed by atoms with E-state index in [0.29, 0.717) is 0 Å². The lowest BCUT2D eigenvalue weighted by molar-refractivity contribution is 0.0919. The van der Waals surface area contributed by atoms with Gasteiger partial charge in [0.05, 0.1) is 0 Å². The van der Waals surface area contributed by atoms with E-state index in [1.807, 2.05) is 13.8 Å². The first kappa shape index (κ1) is 15.5. The first-order valence-electron chi connectivity index (χ1n) is 5.95. The fraction of sp³-hybridized carbons (Fsp3) is 0.857. The third-order valence-corrected chi connectivity index (χ3v) is 3.60. The second kappa shape index (κ2) is 4.77. The summed E-state index contributed by atoms with van der Waals surface area (Å²) in [6.45, 7) is 14.5. The summed E-state index contributed by atoms with van der Waals surface area (Å²) in [7, 11) is 0. The lowest BCUT2D eigenvalue weighted by Crippen LogP contribution is -2.51. The highest BCUT2D eigenvalue weighted by Crippen LogP contribution is 2.45. The standard InChI is InChI=1S/C14H28N2/c1-8-9-14(7,11(2)15)12(3,4)10-13(5,6)16/h11H,10,15-16H2,1-7H3. The molecule has 0 fully saturated rings. The van der Waals surface area contributed by atoms with Crippen LogP contribution in [-0.2, 0) is 0 Å². The average molecular weight is 224 g/mol. The van der Waals surface area contributed by atoms with Gasteiger partial charge in [-0.05, 0) is 46.5 Å². The molecule has 2 atom stereocenters. The molecule has 0 aliphatic heterocycles. The van der Waals surface area contributed by atoms with Gasteiger partial charge in [0.2, 0.25) is 0 Å². The fourth-order valence-corrected chi connectivity index (χ4v) is 2.48. The van der Waals surface area contributed by atoms with Gasteiger partial charge in [0.1, 0.15) is 0 Å². The molecule has 0 saturated heterocycles. The molecule has 0 bridgehead atoms. The highest BCUT2D eigenvalue weighted by molar-refractivity contribution is 5.18. The van der Waals surface area contributed by atoms with E-state index >= 15 is 0 Å². The summed E-state index contributed by atoms with van der Waals surface area (Å²) in [5, 5.41) is 0. The third-order valence-electron chi connectivity index (χ3n) is 3.60. The summed E-state index contributed by atoms with van der Waals surface area (Å²) in [6.07, 6.45) is 0.896. The van der Waals surface area contributed by atoms with Gasteiger partial charge < -0.3 is 11.5 Å². The van der Waals surface area contributed by atoms with Gasteiger partial charge in [-0.15, -0.1) is 5.92 Å². The maximum absolute atomic E-state index is 6.13. The molecule has 0 radical (unpaired) electrons. The van der Waals surface area contributed by atoms with Crippen LogP contribution in [0.4, 0.5) is 0 Å². The van der Waals surface area contributed by atoms with Crippen LogP contribution in [0.25, 0.3) is 0 Å². The summed E-state index contributed by atoms with van der Waals surface area (Å²) >= 11 is 0. The van der Waals surface area contributed by atoms with E-state index < -0.39 is 0 Å². The monoisotopic (exact) mass is 224 g/mol.